The lowest BCUT2D eigenvalue weighted by Crippen LogP contribution is -2.56. The van der Waals surface area contributed by atoms with E-state index < -0.39 is 5.54 Å². The monoisotopic (exact) mass is 403 g/mol. The molecule has 0 bridgehead atoms. The lowest BCUT2D eigenvalue weighted by molar-refractivity contribution is -0.150. The number of hydrogen-bond acceptors (Lipinski definition) is 4. The van der Waals surface area contributed by atoms with Crippen LogP contribution in [-0.4, -0.2) is 34.4 Å². The second-order valence-electron chi connectivity index (χ2n) is 6.18. The minimum Gasteiger partial charge on any atom is -0.468 e. The van der Waals surface area contributed by atoms with E-state index in [0.29, 0.717) is 12.0 Å². The van der Waals surface area contributed by atoms with E-state index in [-0.39, 0.29) is 5.97 Å². The first-order valence-corrected chi connectivity index (χ1v) is 8.76. The predicted molar refractivity (Wildman–Crippen MR) is 87.8 cm³/mol. The highest BCUT2D eigenvalue weighted by Crippen LogP contribution is 2.41. The number of ether oxygens (including phenoxy) is 1. The van der Waals surface area contributed by atoms with Gasteiger partial charge in [0, 0.05) is 18.8 Å². The van der Waals surface area contributed by atoms with E-state index in [1.54, 1.807) is 0 Å². The highest BCUT2D eigenvalue weighted by Gasteiger charge is 2.51. The van der Waals surface area contributed by atoms with Gasteiger partial charge in [-0.25, -0.2) is 0 Å². The lowest BCUT2D eigenvalue weighted by atomic mass is 9.84. The number of carbonyl (C=O) groups is 1. The highest BCUT2D eigenvalue weighted by atomic mass is 127. The molecule has 0 radical (unpaired) electrons. The van der Waals surface area contributed by atoms with Crippen LogP contribution in [0.1, 0.15) is 38.5 Å². The molecule has 3 rings (SSSR count). The van der Waals surface area contributed by atoms with E-state index in [1.165, 1.54) is 20.0 Å². The van der Waals surface area contributed by atoms with Crippen LogP contribution in [0.5, 0.6) is 0 Å². The zero-order chi connectivity index (χ0) is 14.9. The molecule has 2 aliphatic rings. The van der Waals surface area contributed by atoms with Crippen LogP contribution in [0.25, 0.3) is 0 Å². The van der Waals surface area contributed by atoms with Gasteiger partial charge in [0.25, 0.3) is 0 Å². The quantitative estimate of drug-likeness (QED) is 0.585. The lowest BCUT2D eigenvalue weighted by Gasteiger charge is -2.34. The van der Waals surface area contributed by atoms with E-state index in [4.69, 9.17) is 4.74 Å². The zero-order valence-electron chi connectivity index (χ0n) is 12.3. The predicted octanol–water partition coefficient (Wildman–Crippen LogP) is 2.34. The fourth-order valence-corrected chi connectivity index (χ4v) is 3.96. The molecule has 1 heterocycles. The molecule has 0 saturated heterocycles. The number of rotatable bonds is 6. The number of esters is 1. The van der Waals surface area contributed by atoms with Crippen LogP contribution in [0.15, 0.2) is 12.4 Å². The smallest absolute Gasteiger partial charge is 0.326 e. The van der Waals surface area contributed by atoms with Crippen molar-refractivity contribution in [3.05, 3.63) is 16.0 Å². The maximum Gasteiger partial charge on any atom is 0.326 e. The van der Waals surface area contributed by atoms with Crippen molar-refractivity contribution in [1.82, 2.24) is 15.1 Å². The molecule has 2 saturated carbocycles. The van der Waals surface area contributed by atoms with Crippen molar-refractivity contribution < 1.29 is 9.53 Å². The first-order valence-electron chi connectivity index (χ1n) is 7.68. The molecule has 0 amide bonds. The summed E-state index contributed by atoms with van der Waals surface area (Å²) in [5.74, 6) is 0.263. The number of hydrogen-bond donors (Lipinski definition) is 1. The summed E-state index contributed by atoms with van der Waals surface area (Å²) in [6.07, 6.45) is 10.3. The first kappa shape index (κ1) is 15.3. The van der Waals surface area contributed by atoms with E-state index >= 15 is 0 Å². The molecule has 1 aromatic heterocycles. The third-order valence-electron chi connectivity index (χ3n) is 4.72. The molecule has 6 heteroatoms. The van der Waals surface area contributed by atoms with Gasteiger partial charge in [-0.15, -0.1) is 0 Å². The molecule has 1 aromatic rings. The summed E-state index contributed by atoms with van der Waals surface area (Å²) in [4.78, 5) is 12.4. The van der Waals surface area contributed by atoms with Crippen molar-refractivity contribution in [2.75, 3.05) is 7.11 Å². The number of methoxy groups -OCH3 is 1. The molecule has 2 atom stereocenters. The third kappa shape index (κ3) is 3.26. The molecular formula is C15H22IN3O2. The molecule has 21 heavy (non-hydrogen) atoms. The second kappa shape index (κ2) is 6.24. The van der Waals surface area contributed by atoms with Gasteiger partial charge in [0.1, 0.15) is 5.54 Å². The number of aromatic nitrogens is 2. The van der Waals surface area contributed by atoms with Gasteiger partial charge < -0.3 is 4.74 Å². The molecule has 5 nitrogen and oxygen atoms in total. The van der Waals surface area contributed by atoms with E-state index in [9.17, 15) is 4.79 Å². The van der Waals surface area contributed by atoms with Gasteiger partial charge in [-0.3, -0.25) is 14.8 Å². The van der Waals surface area contributed by atoms with Crippen LogP contribution in [0.3, 0.4) is 0 Å². The molecule has 2 unspecified atom stereocenters. The Bertz CT molecular complexity index is 515. The Morgan fingerprint density at radius 3 is 3.00 bits per heavy atom. The fraction of sp³-hybridized carbons (Fsp3) is 0.733. The number of halogens is 1. The van der Waals surface area contributed by atoms with Crippen LogP contribution >= 0.6 is 22.6 Å². The van der Waals surface area contributed by atoms with Crippen molar-refractivity contribution in [3.63, 3.8) is 0 Å². The van der Waals surface area contributed by atoms with Gasteiger partial charge in [0.15, 0.2) is 0 Å². The topological polar surface area (TPSA) is 56.1 Å². The molecule has 0 spiro atoms. The molecule has 0 aromatic carbocycles. The van der Waals surface area contributed by atoms with Crippen LogP contribution < -0.4 is 5.32 Å². The van der Waals surface area contributed by atoms with Gasteiger partial charge in [-0.1, -0.05) is 6.42 Å². The molecule has 116 valence electrons. The normalized spacial score (nSPS) is 28.8. The number of nitrogens with zero attached hydrogens (tertiary/aromatic N) is 2. The average molecular weight is 403 g/mol. The molecule has 2 fully saturated rings. The van der Waals surface area contributed by atoms with Crippen molar-refractivity contribution in [2.24, 2.45) is 5.92 Å². The van der Waals surface area contributed by atoms with Gasteiger partial charge in [0.05, 0.1) is 16.9 Å². The van der Waals surface area contributed by atoms with Crippen LogP contribution in [0, 0.1) is 9.49 Å². The largest absolute Gasteiger partial charge is 0.468 e. The summed E-state index contributed by atoms with van der Waals surface area (Å²) < 4.78 is 8.25. The SMILES string of the molecule is COC(=O)C1(NC2CC2)CCCC1CCn1cc(I)cn1. The van der Waals surface area contributed by atoms with E-state index in [2.05, 4.69) is 33.0 Å². The number of aryl methyl sites for hydroxylation is 1. The maximum absolute atomic E-state index is 12.4. The standard InChI is InChI=1S/C15H22IN3O2/c1-21-14(20)15(18-13-4-5-13)7-2-3-11(15)6-8-19-10-12(16)9-17-19/h9-11,13,18H,2-8H2,1H3. The second-order valence-corrected chi connectivity index (χ2v) is 7.43. The van der Waals surface area contributed by atoms with E-state index in [1.807, 2.05) is 17.1 Å². The third-order valence-corrected chi connectivity index (χ3v) is 5.27. The van der Waals surface area contributed by atoms with Gasteiger partial charge >= 0.3 is 5.97 Å². The highest BCUT2D eigenvalue weighted by molar-refractivity contribution is 14.1. The van der Waals surface area contributed by atoms with E-state index in [0.717, 1.165) is 35.8 Å². The minimum atomic E-state index is -0.462. The zero-order valence-corrected chi connectivity index (χ0v) is 14.5. The van der Waals surface area contributed by atoms with Crippen LogP contribution in [-0.2, 0) is 16.1 Å². The first-order chi connectivity index (χ1) is 10.1. The minimum absolute atomic E-state index is 0.0769. The Morgan fingerprint density at radius 1 is 1.57 bits per heavy atom. The Balaban J connectivity index is 1.70. The number of nitrogens with one attached hydrogen (secondary N) is 1. The van der Waals surface area contributed by atoms with Crippen molar-refractivity contribution in [3.8, 4) is 0 Å². The summed E-state index contributed by atoms with van der Waals surface area (Å²) >= 11 is 2.27. The summed E-state index contributed by atoms with van der Waals surface area (Å²) in [5.41, 5.74) is -0.462. The molecule has 2 aliphatic carbocycles. The van der Waals surface area contributed by atoms with Gasteiger partial charge in [-0.05, 0) is 60.6 Å². The Kier molecular flexibility index (Phi) is 4.54. The summed E-state index contributed by atoms with van der Waals surface area (Å²) in [7, 11) is 1.50. The molecule has 1 N–H and O–H groups in total. The fourth-order valence-electron chi connectivity index (χ4n) is 3.51. The van der Waals surface area contributed by atoms with Crippen molar-refractivity contribution in [1.29, 1.82) is 0 Å². The summed E-state index contributed by atoms with van der Waals surface area (Å²) in [5, 5.41) is 7.94. The Hall–Kier alpha value is -0.630. The van der Waals surface area contributed by atoms with Gasteiger partial charge in [-0.2, -0.15) is 5.10 Å². The maximum atomic E-state index is 12.4. The Morgan fingerprint density at radius 2 is 2.38 bits per heavy atom. The van der Waals surface area contributed by atoms with Crippen molar-refractivity contribution >= 4 is 28.6 Å². The van der Waals surface area contributed by atoms with Crippen LogP contribution in [0.2, 0.25) is 0 Å². The molecular weight excluding hydrogens is 381 g/mol. The van der Waals surface area contributed by atoms with Gasteiger partial charge in [0.2, 0.25) is 0 Å². The number of carbonyl (C=O) groups excluding carboxylic acids is 1. The summed E-state index contributed by atoms with van der Waals surface area (Å²) in [6.45, 7) is 0.860. The average Bonchev–Trinajstić information content (AvgIpc) is 3.04. The van der Waals surface area contributed by atoms with Crippen molar-refractivity contribution in [2.45, 2.75) is 56.7 Å². The molecule has 0 aliphatic heterocycles. The van der Waals surface area contributed by atoms with Crippen LogP contribution in [0.4, 0.5) is 0 Å². The summed E-state index contributed by atoms with van der Waals surface area (Å²) in [6, 6.07) is 0.510. The Labute approximate surface area is 138 Å².